The van der Waals surface area contributed by atoms with Crippen LogP contribution in [0.2, 0.25) is 5.02 Å². The standard InChI is InChI=1S/C26H34ClN3O5S/c1-18-12-13-22(15-24(18)27)30(36(4,33)34)17-25(31)29(16-20-8-7-11-23(14-20)35-3)19(2)26(32)28-21-9-5-6-10-21/h7-8,11-15,19,21H,5-6,9-10,16-17H2,1-4H3,(H,28,32)/t19-/m0/s1. The van der Waals surface area contributed by atoms with Crippen LogP contribution in [0, 0.1) is 6.92 Å². The normalized spacial score (nSPS) is 14.8. The summed E-state index contributed by atoms with van der Waals surface area (Å²) in [5.74, 6) is -0.147. The first-order chi connectivity index (χ1) is 17.0. The highest BCUT2D eigenvalue weighted by Crippen LogP contribution is 2.26. The Morgan fingerprint density at radius 2 is 1.86 bits per heavy atom. The van der Waals surface area contributed by atoms with Gasteiger partial charge in [0, 0.05) is 17.6 Å². The van der Waals surface area contributed by atoms with Gasteiger partial charge in [0.2, 0.25) is 21.8 Å². The molecule has 0 heterocycles. The lowest BCUT2D eigenvalue weighted by molar-refractivity contribution is -0.139. The van der Waals surface area contributed by atoms with Crippen molar-refractivity contribution in [3.63, 3.8) is 0 Å². The number of aryl methyl sites for hydroxylation is 1. The molecule has 0 bridgehead atoms. The Kier molecular flexibility index (Phi) is 9.24. The summed E-state index contributed by atoms with van der Waals surface area (Å²) in [5.41, 5.74) is 1.83. The van der Waals surface area contributed by atoms with Crippen molar-refractivity contribution < 1.29 is 22.7 Å². The lowest BCUT2D eigenvalue weighted by Gasteiger charge is -2.32. The zero-order valence-corrected chi connectivity index (χ0v) is 22.7. The number of halogens is 1. The third-order valence-electron chi connectivity index (χ3n) is 6.48. The molecule has 2 aromatic rings. The van der Waals surface area contributed by atoms with Crippen LogP contribution in [0.4, 0.5) is 5.69 Å². The highest BCUT2D eigenvalue weighted by atomic mass is 35.5. The average Bonchev–Trinajstić information content (AvgIpc) is 3.34. The highest BCUT2D eigenvalue weighted by molar-refractivity contribution is 7.92. The van der Waals surface area contributed by atoms with Crippen LogP contribution in [0.3, 0.4) is 0 Å². The molecule has 196 valence electrons. The zero-order valence-electron chi connectivity index (χ0n) is 21.2. The third-order valence-corrected chi connectivity index (χ3v) is 8.03. The molecule has 0 spiro atoms. The van der Waals surface area contributed by atoms with Crippen molar-refractivity contribution in [2.75, 3.05) is 24.2 Å². The van der Waals surface area contributed by atoms with E-state index in [2.05, 4.69) is 5.32 Å². The second-order valence-electron chi connectivity index (χ2n) is 9.24. The van der Waals surface area contributed by atoms with Crippen molar-refractivity contribution in [1.82, 2.24) is 10.2 Å². The largest absolute Gasteiger partial charge is 0.497 e. The Balaban J connectivity index is 1.90. The van der Waals surface area contributed by atoms with Crippen LogP contribution in [0.5, 0.6) is 5.75 Å². The molecular formula is C26H34ClN3O5S. The fraction of sp³-hybridized carbons (Fsp3) is 0.462. The van der Waals surface area contributed by atoms with Gasteiger partial charge in [-0.1, -0.05) is 42.6 Å². The summed E-state index contributed by atoms with van der Waals surface area (Å²) in [6.07, 6.45) is 5.00. The van der Waals surface area contributed by atoms with E-state index < -0.39 is 28.5 Å². The lowest BCUT2D eigenvalue weighted by Crippen LogP contribution is -2.52. The third kappa shape index (κ3) is 7.13. The van der Waals surface area contributed by atoms with E-state index in [1.165, 1.54) is 11.0 Å². The highest BCUT2D eigenvalue weighted by Gasteiger charge is 2.31. The Hall–Kier alpha value is -2.78. The number of ether oxygens (including phenoxy) is 1. The number of methoxy groups -OCH3 is 1. The van der Waals surface area contributed by atoms with Crippen LogP contribution in [0.1, 0.15) is 43.7 Å². The number of nitrogens with one attached hydrogen (secondary N) is 1. The van der Waals surface area contributed by atoms with Crippen molar-refractivity contribution >= 4 is 39.1 Å². The van der Waals surface area contributed by atoms with Crippen LogP contribution in [0.25, 0.3) is 0 Å². The molecule has 8 nitrogen and oxygen atoms in total. The van der Waals surface area contributed by atoms with Crippen molar-refractivity contribution in [2.45, 2.75) is 58.2 Å². The molecule has 1 saturated carbocycles. The van der Waals surface area contributed by atoms with Gasteiger partial charge in [-0.3, -0.25) is 13.9 Å². The van der Waals surface area contributed by atoms with Crippen molar-refractivity contribution in [1.29, 1.82) is 0 Å². The minimum Gasteiger partial charge on any atom is -0.497 e. The van der Waals surface area contributed by atoms with Crippen LogP contribution in [-0.2, 0) is 26.2 Å². The van der Waals surface area contributed by atoms with E-state index in [1.54, 1.807) is 44.4 Å². The molecule has 1 N–H and O–H groups in total. The predicted octanol–water partition coefficient (Wildman–Crippen LogP) is 3.90. The van der Waals surface area contributed by atoms with E-state index >= 15 is 0 Å². The number of carbonyl (C=O) groups excluding carboxylic acids is 2. The van der Waals surface area contributed by atoms with Crippen LogP contribution < -0.4 is 14.4 Å². The summed E-state index contributed by atoms with van der Waals surface area (Å²) in [5, 5.41) is 3.44. The molecule has 36 heavy (non-hydrogen) atoms. The first kappa shape index (κ1) is 27.8. The molecule has 1 aliphatic rings. The maximum Gasteiger partial charge on any atom is 0.244 e. The fourth-order valence-corrected chi connectivity index (χ4v) is 5.31. The molecule has 0 unspecified atom stereocenters. The van der Waals surface area contributed by atoms with Gasteiger partial charge in [0.15, 0.2) is 0 Å². The molecule has 0 aromatic heterocycles. The monoisotopic (exact) mass is 535 g/mol. The Morgan fingerprint density at radius 3 is 2.47 bits per heavy atom. The van der Waals surface area contributed by atoms with Gasteiger partial charge in [-0.15, -0.1) is 0 Å². The van der Waals surface area contributed by atoms with Gasteiger partial charge >= 0.3 is 0 Å². The van der Waals surface area contributed by atoms with Gasteiger partial charge in [0.05, 0.1) is 19.1 Å². The first-order valence-corrected chi connectivity index (χ1v) is 14.2. The summed E-state index contributed by atoms with van der Waals surface area (Å²) in [6.45, 7) is 3.11. The molecule has 0 aliphatic heterocycles. The van der Waals surface area contributed by atoms with E-state index in [0.717, 1.165) is 47.4 Å². The topological polar surface area (TPSA) is 96.0 Å². The molecule has 1 fully saturated rings. The smallest absolute Gasteiger partial charge is 0.244 e. The number of nitrogens with zero attached hydrogens (tertiary/aromatic N) is 2. The van der Waals surface area contributed by atoms with E-state index in [4.69, 9.17) is 16.3 Å². The van der Waals surface area contributed by atoms with Crippen molar-refractivity contribution in [3.05, 3.63) is 58.6 Å². The first-order valence-electron chi connectivity index (χ1n) is 12.0. The van der Waals surface area contributed by atoms with E-state index in [1.807, 2.05) is 13.0 Å². The van der Waals surface area contributed by atoms with Gasteiger partial charge in [0.25, 0.3) is 0 Å². The molecule has 0 saturated heterocycles. The fourth-order valence-electron chi connectivity index (χ4n) is 4.29. The molecule has 10 heteroatoms. The minimum atomic E-state index is -3.82. The van der Waals surface area contributed by atoms with E-state index in [0.29, 0.717) is 10.8 Å². The number of amides is 2. The van der Waals surface area contributed by atoms with E-state index in [-0.39, 0.29) is 24.2 Å². The quantitative estimate of drug-likeness (QED) is 0.498. The number of anilines is 1. The minimum absolute atomic E-state index is 0.0935. The summed E-state index contributed by atoms with van der Waals surface area (Å²) in [7, 11) is -2.27. The maximum absolute atomic E-state index is 13.6. The summed E-state index contributed by atoms with van der Waals surface area (Å²) >= 11 is 6.23. The van der Waals surface area contributed by atoms with Gasteiger partial charge in [-0.2, -0.15) is 0 Å². The second kappa shape index (κ2) is 12.0. The van der Waals surface area contributed by atoms with Crippen molar-refractivity contribution in [3.8, 4) is 5.75 Å². The number of benzene rings is 2. The van der Waals surface area contributed by atoms with Crippen LogP contribution in [-0.4, -0.2) is 57.1 Å². The molecule has 3 rings (SSSR count). The van der Waals surface area contributed by atoms with Crippen LogP contribution in [0.15, 0.2) is 42.5 Å². The number of hydrogen-bond acceptors (Lipinski definition) is 5. The summed E-state index contributed by atoms with van der Waals surface area (Å²) in [4.78, 5) is 28.2. The second-order valence-corrected chi connectivity index (χ2v) is 11.6. The van der Waals surface area contributed by atoms with Crippen molar-refractivity contribution in [2.24, 2.45) is 0 Å². The number of rotatable bonds is 10. The molecule has 1 atom stereocenters. The average molecular weight is 536 g/mol. The Labute approximate surface area is 218 Å². The van der Waals surface area contributed by atoms with Gasteiger partial charge in [-0.25, -0.2) is 8.42 Å². The summed E-state index contributed by atoms with van der Waals surface area (Å²) < 4.78 is 31.7. The molecule has 1 aliphatic carbocycles. The molecular weight excluding hydrogens is 502 g/mol. The SMILES string of the molecule is COc1cccc(CN(C(=O)CN(c2ccc(C)c(Cl)c2)S(C)(=O)=O)[C@@H](C)C(=O)NC2CCCC2)c1. The zero-order chi connectivity index (χ0) is 26.5. The lowest BCUT2D eigenvalue weighted by atomic mass is 10.1. The number of sulfonamides is 1. The van der Waals surface area contributed by atoms with Gasteiger partial charge in [-0.05, 0) is 62.1 Å². The maximum atomic E-state index is 13.6. The van der Waals surface area contributed by atoms with E-state index in [9.17, 15) is 18.0 Å². The molecule has 0 radical (unpaired) electrons. The Morgan fingerprint density at radius 1 is 1.17 bits per heavy atom. The number of hydrogen-bond donors (Lipinski definition) is 1. The molecule has 2 amide bonds. The van der Waals surface area contributed by atoms with Gasteiger partial charge in [0.1, 0.15) is 18.3 Å². The predicted molar refractivity (Wildman–Crippen MR) is 142 cm³/mol. The molecule has 2 aromatic carbocycles. The summed E-state index contributed by atoms with van der Waals surface area (Å²) in [6, 6.07) is 11.3. The van der Waals surface area contributed by atoms with Gasteiger partial charge < -0.3 is 15.0 Å². The number of carbonyl (C=O) groups is 2. The van der Waals surface area contributed by atoms with Crippen LogP contribution >= 0.6 is 11.6 Å². The Bertz CT molecular complexity index is 1200.